The van der Waals surface area contributed by atoms with Crippen molar-refractivity contribution in [2.75, 3.05) is 0 Å². The average Bonchev–Trinajstić information content (AvgIpc) is 2.89. The molecule has 1 N–H and O–H groups in total. The zero-order valence-corrected chi connectivity index (χ0v) is 14.9. The van der Waals surface area contributed by atoms with Crippen molar-refractivity contribution in [2.24, 2.45) is 0 Å². The Bertz CT molecular complexity index is 859. The Labute approximate surface area is 145 Å². The maximum Gasteiger partial charge on any atom is 0.215 e. The summed E-state index contributed by atoms with van der Waals surface area (Å²) in [6, 6.07) is 22.8. The standard InChI is InChI=1S/C15H11ClNSe.H2O4S/c16-15-11-14(12-7-3-1-4-8-12)18-17(15)13-9-5-2-6-10-13;1-5(2,3)4/h1-11H;(H2,1,2,3,4)/q+1;/p-1. The van der Waals surface area contributed by atoms with Gasteiger partial charge in [0.05, 0.1) is 0 Å². The van der Waals surface area contributed by atoms with Crippen molar-refractivity contribution >= 4 is 36.7 Å². The molecule has 5 nitrogen and oxygen atoms in total. The van der Waals surface area contributed by atoms with Gasteiger partial charge in [-0.3, -0.25) is 4.55 Å². The summed E-state index contributed by atoms with van der Waals surface area (Å²) < 4.78 is 36.3. The van der Waals surface area contributed by atoms with E-state index in [1.54, 1.807) is 0 Å². The van der Waals surface area contributed by atoms with E-state index >= 15 is 0 Å². The molecule has 2 aromatic carbocycles. The minimum atomic E-state index is -4.92. The molecule has 0 fully saturated rings. The molecule has 3 aromatic rings. The number of rotatable bonds is 2. The summed E-state index contributed by atoms with van der Waals surface area (Å²) in [7, 11) is -4.92. The van der Waals surface area contributed by atoms with E-state index in [4.69, 9.17) is 29.1 Å². The molecule has 0 saturated carbocycles. The molecule has 0 aliphatic rings. The van der Waals surface area contributed by atoms with E-state index in [1.807, 2.05) is 24.3 Å². The molecule has 1 heterocycles. The second-order valence-electron chi connectivity index (χ2n) is 4.35. The van der Waals surface area contributed by atoms with Crippen LogP contribution in [0.25, 0.3) is 15.7 Å². The van der Waals surface area contributed by atoms with Crippen LogP contribution in [0.15, 0.2) is 66.7 Å². The number of nitrogens with zero attached hydrogens (tertiary/aromatic N) is 1. The predicted molar refractivity (Wildman–Crippen MR) is 87.7 cm³/mol. The molecule has 0 spiro atoms. The Hall–Kier alpha value is -1.47. The van der Waals surface area contributed by atoms with Gasteiger partial charge < -0.3 is 4.55 Å². The topological polar surface area (TPSA) is 81.3 Å². The first kappa shape index (κ1) is 17.9. The molecule has 23 heavy (non-hydrogen) atoms. The summed E-state index contributed by atoms with van der Waals surface area (Å²) in [6.45, 7) is 0. The van der Waals surface area contributed by atoms with E-state index in [1.165, 1.54) is 10.0 Å². The van der Waals surface area contributed by atoms with Gasteiger partial charge in [0, 0.05) is 0 Å². The summed E-state index contributed by atoms with van der Waals surface area (Å²) in [5.41, 5.74) is 2.42. The van der Waals surface area contributed by atoms with E-state index in [0.29, 0.717) is 0 Å². The van der Waals surface area contributed by atoms with Crippen LogP contribution in [0.3, 0.4) is 0 Å². The zero-order chi connectivity index (χ0) is 16.9. The molecule has 0 unspecified atom stereocenters. The molecule has 0 saturated heterocycles. The van der Waals surface area contributed by atoms with E-state index in [0.717, 1.165) is 10.8 Å². The van der Waals surface area contributed by atoms with E-state index in [-0.39, 0.29) is 14.7 Å². The van der Waals surface area contributed by atoms with Gasteiger partial charge in [-0.1, -0.05) is 0 Å². The maximum absolute atomic E-state index is 8.63. The van der Waals surface area contributed by atoms with E-state index < -0.39 is 10.4 Å². The molecule has 0 radical (unpaired) electrons. The van der Waals surface area contributed by atoms with Gasteiger partial charge in [-0.2, -0.15) is 0 Å². The molecule has 0 aliphatic heterocycles. The van der Waals surface area contributed by atoms with Crippen molar-refractivity contribution in [3.63, 3.8) is 0 Å². The van der Waals surface area contributed by atoms with Crippen molar-refractivity contribution in [3.05, 3.63) is 71.9 Å². The molecule has 1 aromatic heterocycles. The third kappa shape index (κ3) is 5.91. The van der Waals surface area contributed by atoms with Gasteiger partial charge >= 0.3 is 117 Å². The van der Waals surface area contributed by atoms with Crippen LogP contribution in [0.4, 0.5) is 0 Å². The van der Waals surface area contributed by atoms with Crippen molar-refractivity contribution in [2.45, 2.75) is 0 Å². The number of hydrogen-bond donors (Lipinski definition) is 1. The summed E-state index contributed by atoms with van der Waals surface area (Å²) >= 11 is 6.55. The van der Waals surface area contributed by atoms with Gasteiger partial charge in [-0.25, -0.2) is 8.42 Å². The van der Waals surface area contributed by atoms with E-state index in [9.17, 15) is 0 Å². The van der Waals surface area contributed by atoms with Crippen LogP contribution in [0.1, 0.15) is 0 Å². The monoisotopic (exact) mass is 417 g/mol. The largest absolute Gasteiger partial charge is 0.726 e. The molecule has 0 amide bonds. The van der Waals surface area contributed by atoms with Gasteiger partial charge in [-0.05, 0) is 0 Å². The Morgan fingerprint density at radius 3 is 2.00 bits per heavy atom. The maximum atomic E-state index is 8.63. The molecule has 3 rings (SSSR count). The smallest absolute Gasteiger partial charge is 0.215 e. The van der Waals surface area contributed by atoms with Crippen molar-refractivity contribution in [1.29, 1.82) is 0 Å². The zero-order valence-electron chi connectivity index (χ0n) is 11.7. The average molecular weight is 417 g/mol. The van der Waals surface area contributed by atoms with Gasteiger partial charge in [-0.15, -0.1) is 0 Å². The fourth-order valence-electron chi connectivity index (χ4n) is 1.81. The van der Waals surface area contributed by atoms with Crippen molar-refractivity contribution in [1.82, 2.24) is 0 Å². The van der Waals surface area contributed by atoms with Crippen LogP contribution in [0.5, 0.6) is 0 Å². The van der Waals surface area contributed by atoms with Crippen molar-refractivity contribution in [3.8, 4) is 15.7 Å². The van der Waals surface area contributed by atoms with Crippen molar-refractivity contribution < 1.29 is 21.1 Å². The van der Waals surface area contributed by atoms with Gasteiger partial charge in [0.1, 0.15) is 0 Å². The fraction of sp³-hybridized carbons (Fsp3) is 0. The van der Waals surface area contributed by atoms with Crippen LogP contribution in [-0.2, 0) is 10.4 Å². The minimum Gasteiger partial charge on any atom is -0.726 e. The normalized spacial score (nSPS) is 10.7. The Balaban J connectivity index is 0.000000338. The van der Waals surface area contributed by atoms with Gasteiger partial charge in [0.15, 0.2) is 0 Å². The summed E-state index contributed by atoms with van der Waals surface area (Å²) in [5, 5.41) is 0.806. The summed E-state index contributed by atoms with van der Waals surface area (Å²) in [5.74, 6) is 0. The number of para-hydroxylation sites is 1. The van der Waals surface area contributed by atoms with E-state index in [2.05, 4.69) is 46.0 Å². The van der Waals surface area contributed by atoms with Crippen LogP contribution in [0, 0.1) is 0 Å². The number of aromatic nitrogens is 1. The summed E-state index contributed by atoms with van der Waals surface area (Å²) in [6.07, 6.45) is 0. The SMILES string of the molecule is Clc1cc(-c2ccccc2)[se][n+]1-c1ccccc1.O=S(=O)([O-])O. The molecular formula is C15H12ClNO4SSe. The predicted octanol–water partition coefficient (Wildman–Crippen LogP) is 2.35. The fourth-order valence-corrected chi connectivity index (χ4v) is 4.38. The quantitative estimate of drug-likeness (QED) is 0.395. The first-order chi connectivity index (χ1) is 10.8. The molecule has 0 atom stereocenters. The Kier molecular flexibility index (Phi) is 6.12. The third-order valence-corrected chi connectivity index (χ3v) is 5.58. The molecule has 0 bridgehead atoms. The number of benzene rings is 2. The second kappa shape index (κ2) is 7.88. The molecule has 8 heteroatoms. The minimum absolute atomic E-state index is 0.208. The first-order valence-corrected chi connectivity index (χ1v) is 9.72. The Morgan fingerprint density at radius 1 is 1.00 bits per heavy atom. The van der Waals surface area contributed by atoms with Crippen LogP contribution in [-0.4, -0.2) is 32.3 Å². The molecular weight excluding hydrogens is 405 g/mol. The number of halogens is 1. The third-order valence-electron chi connectivity index (χ3n) is 2.68. The molecule has 120 valence electrons. The molecule has 0 aliphatic carbocycles. The van der Waals surface area contributed by atoms with Crippen LogP contribution < -0.4 is 3.56 Å². The van der Waals surface area contributed by atoms with Crippen LogP contribution in [0.2, 0.25) is 5.15 Å². The van der Waals surface area contributed by atoms with Gasteiger partial charge in [0.2, 0.25) is 10.4 Å². The van der Waals surface area contributed by atoms with Crippen LogP contribution >= 0.6 is 11.6 Å². The summed E-state index contributed by atoms with van der Waals surface area (Å²) in [4.78, 5) is 0. The number of hydrogen-bond acceptors (Lipinski definition) is 3. The first-order valence-electron chi connectivity index (χ1n) is 6.35. The second-order valence-corrected chi connectivity index (χ2v) is 7.66. The van der Waals surface area contributed by atoms with Gasteiger partial charge in [0.25, 0.3) is 0 Å². The Morgan fingerprint density at radius 2 is 1.48 bits per heavy atom.